The quantitative estimate of drug-likeness (QED) is 0.589. The summed E-state index contributed by atoms with van der Waals surface area (Å²) in [5, 5.41) is 7.37. The fraction of sp³-hybridized carbons (Fsp3) is 0.231. The Balaban J connectivity index is 1.33. The molecular weight excluding hydrogens is 432 g/mol. The van der Waals surface area contributed by atoms with E-state index in [1.807, 2.05) is 48.5 Å². The van der Waals surface area contributed by atoms with Gasteiger partial charge in [-0.15, -0.1) is 0 Å². The van der Waals surface area contributed by atoms with Crippen LogP contribution < -0.4 is 15.5 Å². The van der Waals surface area contributed by atoms with Crippen LogP contribution in [0.4, 0.5) is 16.2 Å². The third-order valence-corrected chi connectivity index (χ3v) is 6.54. The predicted octanol–water partition coefficient (Wildman–Crippen LogP) is 3.15. The molecule has 5 rings (SSSR count). The predicted molar refractivity (Wildman–Crippen MR) is 128 cm³/mol. The Bertz CT molecular complexity index is 1360. The first kappa shape index (κ1) is 21.6. The number of amides is 5. The van der Waals surface area contributed by atoms with E-state index in [4.69, 9.17) is 0 Å². The zero-order chi connectivity index (χ0) is 24.0. The van der Waals surface area contributed by atoms with E-state index in [-0.39, 0.29) is 5.91 Å². The van der Waals surface area contributed by atoms with Crippen LogP contribution in [-0.4, -0.2) is 41.7 Å². The number of nitrogens with one attached hydrogen (secondary N) is 2. The molecule has 172 valence electrons. The van der Waals surface area contributed by atoms with E-state index in [1.165, 1.54) is 6.92 Å². The number of urea groups is 1. The zero-order valence-corrected chi connectivity index (χ0v) is 18.9. The second-order valence-corrected chi connectivity index (χ2v) is 8.79. The van der Waals surface area contributed by atoms with Crippen molar-refractivity contribution in [2.75, 3.05) is 23.3 Å². The highest BCUT2D eigenvalue weighted by atomic mass is 16.2. The van der Waals surface area contributed by atoms with Crippen LogP contribution in [0.25, 0.3) is 10.8 Å². The van der Waals surface area contributed by atoms with Gasteiger partial charge in [-0.3, -0.25) is 19.3 Å². The van der Waals surface area contributed by atoms with E-state index in [9.17, 15) is 19.2 Å². The van der Waals surface area contributed by atoms with Gasteiger partial charge in [0.25, 0.3) is 5.91 Å². The van der Waals surface area contributed by atoms with Crippen molar-refractivity contribution in [1.82, 2.24) is 10.2 Å². The summed E-state index contributed by atoms with van der Waals surface area (Å²) in [6.45, 7) is 3.39. The van der Waals surface area contributed by atoms with Gasteiger partial charge in [0.2, 0.25) is 11.8 Å². The Morgan fingerprint density at radius 2 is 1.82 bits per heavy atom. The molecule has 0 radical (unpaired) electrons. The molecule has 0 bridgehead atoms. The molecule has 0 aliphatic carbocycles. The Labute approximate surface area is 196 Å². The Morgan fingerprint density at radius 3 is 2.62 bits per heavy atom. The average Bonchev–Trinajstić information content (AvgIpc) is 3.33. The summed E-state index contributed by atoms with van der Waals surface area (Å²) in [4.78, 5) is 53.2. The molecule has 5 amide bonds. The lowest BCUT2D eigenvalue weighted by Gasteiger charge is -2.24. The summed E-state index contributed by atoms with van der Waals surface area (Å²) in [6.07, 6.45) is 0.703. The summed E-state index contributed by atoms with van der Waals surface area (Å²) >= 11 is 0. The van der Waals surface area contributed by atoms with Crippen molar-refractivity contribution < 1.29 is 19.2 Å². The van der Waals surface area contributed by atoms with Crippen LogP contribution in [0.15, 0.2) is 60.7 Å². The monoisotopic (exact) mass is 456 g/mol. The van der Waals surface area contributed by atoms with Gasteiger partial charge in [0.05, 0.1) is 0 Å². The van der Waals surface area contributed by atoms with Crippen LogP contribution in [0.1, 0.15) is 25.0 Å². The Kier molecular flexibility index (Phi) is 5.08. The normalized spacial score (nSPS) is 19.4. The number of hydrogen-bond donors (Lipinski definition) is 2. The highest BCUT2D eigenvalue weighted by Gasteiger charge is 2.50. The van der Waals surface area contributed by atoms with E-state index in [2.05, 4.69) is 10.6 Å². The highest BCUT2D eigenvalue weighted by Crippen LogP contribution is 2.34. The smallest absolute Gasteiger partial charge is 0.325 e. The number of carbonyl (C=O) groups is 4. The molecule has 8 heteroatoms. The van der Waals surface area contributed by atoms with Gasteiger partial charge in [-0.05, 0) is 53.4 Å². The minimum absolute atomic E-state index is 0.0247. The van der Waals surface area contributed by atoms with Crippen molar-refractivity contribution in [1.29, 1.82) is 0 Å². The maximum absolute atomic E-state index is 13.3. The number of carbonyl (C=O) groups excluding carboxylic acids is 4. The van der Waals surface area contributed by atoms with Gasteiger partial charge in [-0.1, -0.05) is 42.5 Å². The van der Waals surface area contributed by atoms with Crippen molar-refractivity contribution in [2.24, 2.45) is 0 Å². The minimum atomic E-state index is -1.28. The molecule has 1 fully saturated rings. The van der Waals surface area contributed by atoms with Crippen LogP contribution in [0.3, 0.4) is 0 Å². The summed E-state index contributed by atoms with van der Waals surface area (Å²) in [6, 6.07) is 18.0. The molecule has 2 aliphatic rings. The van der Waals surface area contributed by atoms with Gasteiger partial charge < -0.3 is 15.5 Å². The van der Waals surface area contributed by atoms with E-state index < -0.39 is 29.9 Å². The Hall–Kier alpha value is -4.20. The van der Waals surface area contributed by atoms with Crippen molar-refractivity contribution in [3.8, 4) is 0 Å². The van der Waals surface area contributed by atoms with Gasteiger partial charge in [0, 0.05) is 24.8 Å². The fourth-order valence-corrected chi connectivity index (χ4v) is 4.84. The largest absolute Gasteiger partial charge is 0.325 e. The standard InChI is InChI=1S/C26H24N4O4/c1-16(31)29-13-12-18-14-19(10-11-22(18)29)27-23(32)15-30-24(33)26(2,28-25(30)34)21-9-5-7-17-6-3-4-8-20(17)21/h3-11,14H,12-13,15H2,1-2H3,(H,27,32)(H,28,34)/t26-/m0/s1. The maximum atomic E-state index is 13.3. The van der Waals surface area contributed by atoms with E-state index in [1.54, 1.807) is 24.0 Å². The molecule has 3 aromatic rings. The van der Waals surface area contributed by atoms with Gasteiger partial charge in [-0.25, -0.2) is 4.79 Å². The van der Waals surface area contributed by atoms with E-state index in [0.29, 0.717) is 24.2 Å². The van der Waals surface area contributed by atoms with Crippen LogP contribution in [-0.2, 0) is 26.3 Å². The molecule has 2 aliphatic heterocycles. The molecule has 0 unspecified atom stereocenters. The van der Waals surface area contributed by atoms with Crippen LogP contribution in [0, 0.1) is 0 Å². The highest BCUT2D eigenvalue weighted by molar-refractivity contribution is 6.11. The topological polar surface area (TPSA) is 98.8 Å². The van der Waals surface area contributed by atoms with Crippen LogP contribution in [0.5, 0.6) is 0 Å². The first-order chi connectivity index (χ1) is 16.3. The zero-order valence-electron chi connectivity index (χ0n) is 18.9. The number of benzene rings is 3. The van der Waals surface area contributed by atoms with Crippen molar-refractivity contribution >= 4 is 45.9 Å². The number of fused-ring (bicyclic) bond motifs is 2. The number of anilines is 2. The molecule has 1 saturated heterocycles. The lowest BCUT2D eigenvalue weighted by atomic mass is 9.88. The van der Waals surface area contributed by atoms with Crippen LogP contribution in [0.2, 0.25) is 0 Å². The number of hydrogen-bond acceptors (Lipinski definition) is 4. The SMILES string of the molecule is CC(=O)N1CCc2cc(NC(=O)CN3C(=O)N[C@@](C)(c4cccc5ccccc45)C3=O)ccc21. The van der Waals surface area contributed by atoms with Gasteiger partial charge in [0.1, 0.15) is 12.1 Å². The van der Waals surface area contributed by atoms with Crippen molar-refractivity contribution in [3.63, 3.8) is 0 Å². The molecule has 1 atom stereocenters. The molecule has 2 N–H and O–H groups in total. The molecule has 0 saturated carbocycles. The van der Waals surface area contributed by atoms with E-state index >= 15 is 0 Å². The molecule has 2 heterocycles. The molecule has 3 aromatic carbocycles. The number of nitrogens with zero attached hydrogens (tertiary/aromatic N) is 2. The lowest BCUT2D eigenvalue weighted by Crippen LogP contribution is -2.42. The van der Waals surface area contributed by atoms with Gasteiger partial charge >= 0.3 is 6.03 Å². The second kappa shape index (κ2) is 7.98. The third kappa shape index (κ3) is 3.48. The first-order valence-corrected chi connectivity index (χ1v) is 11.1. The van der Waals surface area contributed by atoms with E-state index in [0.717, 1.165) is 26.9 Å². The second-order valence-electron chi connectivity index (χ2n) is 8.79. The van der Waals surface area contributed by atoms with Crippen molar-refractivity contribution in [2.45, 2.75) is 25.8 Å². The molecule has 0 aromatic heterocycles. The first-order valence-electron chi connectivity index (χ1n) is 11.1. The molecule has 0 spiro atoms. The number of rotatable bonds is 4. The van der Waals surface area contributed by atoms with Crippen molar-refractivity contribution in [3.05, 3.63) is 71.8 Å². The Morgan fingerprint density at radius 1 is 1.06 bits per heavy atom. The summed E-state index contributed by atoms with van der Waals surface area (Å²) < 4.78 is 0. The summed E-state index contributed by atoms with van der Waals surface area (Å²) in [5.74, 6) is -0.981. The molecule has 34 heavy (non-hydrogen) atoms. The summed E-state index contributed by atoms with van der Waals surface area (Å²) in [5.41, 5.74) is 1.76. The summed E-state index contributed by atoms with van der Waals surface area (Å²) in [7, 11) is 0. The third-order valence-electron chi connectivity index (χ3n) is 6.54. The van der Waals surface area contributed by atoms with Gasteiger partial charge in [0.15, 0.2) is 0 Å². The number of imide groups is 1. The fourth-order valence-electron chi connectivity index (χ4n) is 4.84. The minimum Gasteiger partial charge on any atom is -0.325 e. The average molecular weight is 457 g/mol. The lowest BCUT2D eigenvalue weighted by molar-refractivity contribution is -0.133. The molecule has 8 nitrogen and oxygen atoms in total. The van der Waals surface area contributed by atoms with Crippen LogP contribution >= 0.6 is 0 Å². The molecular formula is C26H24N4O4. The van der Waals surface area contributed by atoms with Gasteiger partial charge in [-0.2, -0.15) is 0 Å². The maximum Gasteiger partial charge on any atom is 0.325 e.